The van der Waals surface area contributed by atoms with Gasteiger partial charge in [-0.25, -0.2) is 0 Å². The fraction of sp³-hybridized carbons (Fsp3) is 0.389. The Morgan fingerprint density at radius 1 is 1.21 bits per heavy atom. The van der Waals surface area contributed by atoms with Crippen molar-refractivity contribution in [2.24, 2.45) is 0 Å². The monoisotopic (exact) mass is 318 g/mol. The highest BCUT2D eigenvalue weighted by atomic mass is 15.3. The Morgan fingerprint density at radius 2 is 2.12 bits per heavy atom. The number of nitriles is 1. The third kappa shape index (κ3) is 2.13. The SMILES string of the molecule is N#Cc1c(CN2CCn3c(nnc3C3CC3)C2)cn2ccccc12. The van der Waals surface area contributed by atoms with Crippen molar-refractivity contribution in [2.45, 2.75) is 38.4 Å². The molecule has 0 N–H and O–H groups in total. The van der Waals surface area contributed by atoms with Crippen molar-refractivity contribution in [1.29, 1.82) is 5.26 Å². The van der Waals surface area contributed by atoms with Gasteiger partial charge in [0.2, 0.25) is 0 Å². The summed E-state index contributed by atoms with van der Waals surface area (Å²) in [5, 5.41) is 18.4. The van der Waals surface area contributed by atoms with Crippen LogP contribution in [0.25, 0.3) is 5.52 Å². The summed E-state index contributed by atoms with van der Waals surface area (Å²) in [6.07, 6.45) is 6.58. The average Bonchev–Trinajstić information content (AvgIpc) is 3.26. The molecule has 1 saturated carbocycles. The quantitative estimate of drug-likeness (QED) is 0.743. The lowest BCUT2D eigenvalue weighted by Gasteiger charge is -2.27. The summed E-state index contributed by atoms with van der Waals surface area (Å²) in [6.45, 7) is 3.50. The second kappa shape index (κ2) is 5.18. The van der Waals surface area contributed by atoms with E-state index in [0.29, 0.717) is 5.92 Å². The molecule has 1 aliphatic carbocycles. The Labute approximate surface area is 139 Å². The minimum Gasteiger partial charge on any atom is -0.322 e. The van der Waals surface area contributed by atoms with Crippen LogP contribution in [0.5, 0.6) is 0 Å². The molecule has 0 saturated heterocycles. The van der Waals surface area contributed by atoms with Gasteiger partial charge in [-0.05, 0) is 25.0 Å². The maximum atomic E-state index is 9.56. The molecule has 24 heavy (non-hydrogen) atoms. The molecule has 4 heterocycles. The van der Waals surface area contributed by atoms with Crippen LogP contribution < -0.4 is 0 Å². The van der Waals surface area contributed by atoms with Crippen molar-refractivity contribution in [1.82, 2.24) is 24.1 Å². The third-order valence-corrected chi connectivity index (χ3v) is 5.07. The lowest BCUT2D eigenvalue weighted by atomic mass is 10.1. The van der Waals surface area contributed by atoms with E-state index in [9.17, 15) is 5.26 Å². The fourth-order valence-electron chi connectivity index (χ4n) is 3.68. The second-order valence-corrected chi connectivity index (χ2v) is 6.75. The largest absolute Gasteiger partial charge is 0.322 e. The first-order valence-electron chi connectivity index (χ1n) is 8.46. The van der Waals surface area contributed by atoms with Crippen LogP contribution >= 0.6 is 0 Å². The fourth-order valence-corrected chi connectivity index (χ4v) is 3.68. The first-order chi connectivity index (χ1) is 11.8. The molecule has 1 fully saturated rings. The predicted molar refractivity (Wildman–Crippen MR) is 88.2 cm³/mol. The highest BCUT2D eigenvalue weighted by Gasteiger charge is 2.32. The summed E-state index contributed by atoms with van der Waals surface area (Å²) in [6, 6.07) is 8.33. The lowest BCUT2D eigenvalue weighted by molar-refractivity contribution is 0.207. The van der Waals surface area contributed by atoms with Gasteiger partial charge >= 0.3 is 0 Å². The minimum absolute atomic E-state index is 0.639. The van der Waals surface area contributed by atoms with E-state index in [2.05, 4.69) is 31.9 Å². The molecule has 120 valence electrons. The topological polar surface area (TPSA) is 62.2 Å². The summed E-state index contributed by atoms with van der Waals surface area (Å²) >= 11 is 0. The molecule has 1 aliphatic heterocycles. The molecule has 5 rings (SSSR count). The van der Waals surface area contributed by atoms with Gasteiger partial charge in [0.05, 0.1) is 17.6 Å². The van der Waals surface area contributed by atoms with Crippen LogP contribution in [0.3, 0.4) is 0 Å². The summed E-state index contributed by atoms with van der Waals surface area (Å²) in [5.74, 6) is 2.88. The van der Waals surface area contributed by atoms with E-state index in [-0.39, 0.29) is 0 Å². The zero-order valence-corrected chi connectivity index (χ0v) is 13.4. The van der Waals surface area contributed by atoms with E-state index in [4.69, 9.17) is 0 Å². The number of pyridine rings is 1. The Balaban J connectivity index is 1.42. The molecule has 6 heteroatoms. The van der Waals surface area contributed by atoms with Gasteiger partial charge in [0.15, 0.2) is 0 Å². The Bertz CT molecular complexity index is 956. The zero-order valence-electron chi connectivity index (χ0n) is 13.4. The van der Waals surface area contributed by atoms with E-state index < -0.39 is 0 Å². The van der Waals surface area contributed by atoms with Crippen LogP contribution in [0.2, 0.25) is 0 Å². The van der Waals surface area contributed by atoms with Gasteiger partial charge in [-0.15, -0.1) is 10.2 Å². The molecular weight excluding hydrogens is 300 g/mol. The Morgan fingerprint density at radius 3 is 2.96 bits per heavy atom. The van der Waals surface area contributed by atoms with Gasteiger partial charge in [0.1, 0.15) is 17.7 Å². The molecule has 0 amide bonds. The maximum Gasteiger partial charge on any atom is 0.147 e. The number of nitrogens with zero attached hydrogens (tertiary/aromatic N) is 6. The van der Waals surface area contributed by atoms with Crippen LogP contribution in [0.15, 0.2) is 30.6 Å². The van der Waals surface area contributed by atoms with Crippen LogP contribution in [0.1, 0.15) is 41.5 Å². The third-order valence-electron chi connectivity index (χ3n) is 5.07. The van der Waals surface area contributed by atoms with Crippen molar-refractivity contribution >= 4 is 5.52 Å². The number of aromatic nitrogens is 4. The van der Waals surface area contributed by atoms with Gasteiger partial charge in [0.25, 0.3) is 0 Å². The molecule has 0 radical (unpaired) electrons. The van der Waals surface area contributed by atoms with Gasteiger partial charge in [-0.1, -0.05) is 6.07 Å². The molecule has 0 aromatic carbocycles. The smallest absolute Gasteiger partial charge is 0.147 e. The Kier molecular flexibility index (Phi) is 2.97. The number of hydrogen-bond acceptors (Lipinski definition) is 4. The first kappa shape index (κ1) is 13.8. The number of hydrogen-bond donors (Lipinski definition) is 0. The van der Waals surface area contributed by atoms with Gasteiger partial charge in [-0.2, -0.15) is 5.26 Å². The highest BCUT2D eigenvalue weighted by Crippen LogP contribution is 2.39. The predicted octanol–water partition coefficient (Wildman–Crippen LogP) is 2.30. The average molecular weight is 318 g/mol. The summed E-state index contributed by atoms with van der Waals surface area (Å²) < 4.78 is 4.33. The second-order valence-electron chi connectivity index (χ2n) is 6.75. The van der Waals surface area contributed by atoms with Crippen molar-refractivity contribution in [3.63, 3.8) is 0 Å². The Hall–Kier alpha value is -2.65. The molecule has 3 aromatic rings. The van der Waals surface area contributed by atoms with Crippen molar-refractivity contribution in [2.75, 3.05) is 6.54 Å². The minimum atomic E-state index is 0.639. The normalized spacial score (nSPS) is 17.8. The van der Waals surface area contributed by atoms with Crippen LogP contribution in [0, 0.1) is 11.3 Å². The van der Waals surface area contributed by atoms with Crippen molar-refractivity contribution < 1.29 is 0 Å². The summed E-state index contributed by atoms with van der Waals surface area (Å²) in [5.41, 5.74) is 2.84. The van der Waals surface area contributed by atoms with E-state index in [1.807, 2.05) is 28.8 Å². The molecule has 2 aliphatic rings. The first-order valence-corrected chi connectivity index (χ1v) is 8.46. The van der Waals surface area contributed by atoms with Crippen LogP contribution in [-0.2, 0) is 19.6 Å². The van der Waals surface area contributed by atoms with Gasteiger partial charge in [0, 0.05) is 43.5 Å². The molecule has 0 unspecified atom stereocenters. The molecule has 0 atom stereocenters. The van der Waals surface area contributed by atoms with Crippen molar-refractivity contribution in [3.05, 3.63) is 53.4 Å². The molecule has 3 aromatic heterocycles. The lowest BCUT2D eigenvalue weighted by Crippen LogP contribution is -2.34. The van der Waals surface area contributed by atoms with E-state index in [1.54, 1.807) is 0 Å². The zero-order chi connectivity index (χ0) is 16.1. The van der Waals surface area contributed by atoms with Crippen LogP contribution in [-0.4, -0.2) is 30.6 Å². The van der Waals surface area contributed by atoms with Gasteiger partial charge < -0.3 is 8.97 Å². The van der Waals surface area contributed by atoms with Crippen LogP contribution in [0.4, 0.5) is 0 Å². The molecular formula is C18H18N6. The number of rotatable bonds is 3. The molecule has 6 nitrogen and oxygen atoms in total. The summed E-state index contributed by atoms with van der Waals surface area (Å²) in [4.78, 5) is 2.36. The van der Waals surface area contributed by atoms with Crippen molar-refractivity contribution in [3.8, 4) is 6.07 Å². The van der Waals surface area contributed by atoms with Gasteiger partial charge in [-0.3, -0.25) is 4.90 Å². The highest BCUT2D eigenvalue weighted by molar-refractivity contribution is 5.65. The van der Waals surface area contributed by atoms with E-state index in [0.717, 1.165) is 48.6 Å². The van der Waals surface area contributed by atoms with E-state index in [1.165, 1.54) is 18.7 Å². The maximum absolute atomic E-state index is 9.56. The molecule has 0 bridgehead atoms. The number of fused-ring (bicyclic) bond motifs is 2. The standard InChI is InChI=1S/C18H18N6/c19-9-15-14(11-23-6-2-1-3-16(15)23)10-22-7-8-24-17(12-22)20-21-18(24)13-4-5-13/h1-3,6,11,13H,4-5,7-8,10,12H2. The summed E-state index contributed by atoms with van der Waals surface area (Å²) in [7, 11) is 0. The van der Waals surface area contributed by atoms with E-state index >= 15 is 0 Å². The molecule has 0 spiro atoms.